The van der Waals surface area contributed by atoms with Gasteiger partial charge in [0.25, 0.3) is 11.8 Å². The summed E-state index contributed by atoms with van der Waals surface area (Å²) in [5.41, 5.74) is 8.38. The van der Waals surface area contributed by atoms with Crippen molar-refractivity contribution in [1.82, 2.24) is 20.9 Å². The molecule has 13 heteroatoms. The Labute approximate surface area is 371 Å². The highest BCUT2D eigenvalue weighted by atomic mass is 16.4. The summed E-state index contributed by atoms with van der Waals surface area (Å²) in [6.07, 6.45) is 12.0. The van der Waals surface area contributed by atoms with Gasteiger partial charge >= 0.3 is 11.9 Å². The van der Waals surface area contributed by atoms with Crippen molar-refractivity contribution in [3.63, 3.8) is 0 Å². The van der Waals surface area contributed by atoms with E-state index in [9.17, 15) is 34.2 Å². The predicted molar refractivity (Wildman–Crippen MR) is 238 cm³/mol. The summed E-state index contributed by atoms with van der Waals surface area (Å²) in [4.78, 5) is 67.3. The lowest BCUT2D eigenvalue weighted by Gasteiger charge is -2.72. The van der Waals surface area contributed by atoms with Crippen molar-refractivity contribution in [2.75, 3.05) is 6.54 Å². The average Bonchev–Trinajstić information content (AvgIpc) is 3.65. The maximum atomic E-state index is 14.7. The van der Waals surface area contributed by atoms with Gasteiger partial charge in [-0.1, -0.05) is 58.9 Å². The second kappa shape index (κ2) is 17.1. The standard InChI is InChI=1S/C50H69N5O8/c1-28(2)33-15-21-50(23-22-48(6)34(38(33)50)13-14-36-47(5)19-17-37(56)46(3,4)35(47)16-20-49(36,48)7)45(63)52-24-18-29-9-8-10-30(25-29)41(57)54-27-32-12-11-31(26-53-32)42(58)55-40(44(61)62)39(51)43(59)60/h8-12,25-26,33-40,56H,1,13-24,27,51H2,2-7H3,(H,52,63)(H,54,57)(H,55,58)(H,59,60)(H,61,62)/t33-,34?,35?,36?,37-,38?,39?,40?,47-,48+,49+,50-/m0/s1. The first-order valence-corrected chi connectivity index (χ1v) is 23.1. The molecule has 5 saturated carbocycles. The number of nitrogens with two attached hydrogens (primary N) is 1. The van der Waals surface area contributed by atoms with E-state index in [0.29, 0.717) is 47.9 Å². The van der Waals surface area contributed by atoms with E-state index in [-0.39, 0.29) is 57.6 Å². The Balaban J connectivity index is 0.974. The maximum absolute atomic E-state index is 14.7. The molecule has 0 aliphatic heterocycles. The van der Waals surface area contributed by atoms with Gasteiger partial charge in [0.2, 0.25) is 5.91 Å². The Morgan fingerprint density at radius 3 is 2.24 bits per heavy atom. The Hall–Kier alpha value is -4.62. The van der Waals surface area contributed by atoms with Crippen LogP contribution in [-0.4, -0.2) is 74.7 Å². The van der Waals surface area contributed by atoms with Crippen LogP contribution in [0.25, 0.3) is 0 Å². The number of rotatable bonds is 13. The number of allylic oxidation sites excluding steroid dienone is 1. The Morgan fingerprint density at radius 2 is 1.57 bits per heavy atom. The number of carbonyl (C=O) groups is 5. The second-order valence-corrected chi connectivity index (χ2v) is 21.3. The Kier molecular flexibility index (Phi) is 12.6. The summed E-state index contributed by atoms with van der Waals surface area (Å²) in [5, 5.41) is 37.9. The summed E-state index contributed by atoms with van der Waals surface area (Å²) < 4.78 is 0. The highest BCUT2D eigenvalue weighted by molar-refractivity contribution is 5.98. The topological polar surface area (TPSA) is 221 Å². The number of nitrogens with zero attached hydrogens (tertiary/aromatic N) is 1. The van der Waals surface area contributed by atoms with Crippen molar-refractivity contribution in [1.29, 1.82) is 0 Å². The van der Waals surface area contributed by atoms with E-state index < -0.39 is 35.3 Å². The molecule has 0 saturated heterocycles. The van der Waals surface area contributed by atoms with Gasteiger partial charge < -0.3 is 37.0 Å². The minimum absolute atomic E-state index is 0.00558. The highest BCUT2D eigenvalue weighted by Crippen LogP contribution is 2.77. The quantitative estimate of drug-likeness (QED) is 0.112. The molecule has 3 amide bonds. The number of hydrogen-bond donors (Lipinski definition) is 7. The number of pyridine rings is 1. The molecule has 1 aromatic carbocycles. The van der Waals surface area contributed by atoms with E-state index in [1.165, 1.54) is 36.7 Å². The SMILES string of the molecule is C=C(C)[C@@H]1CC[C@]2(C(=O)NCCc3cccc(C(=O)NCc4ccc(C(=O)NC(C(=O)O)C(N)C(=O)O)cn4)c3)CC[C@]3(C)C(CCC4[C@@]5(C)CC[C@H](O)C(C)(C)C5CC[C@]43C)C12. The summed E-state index contributed by atoms with van der Waals surface area (Å²) in [6, 6.07) is 6.53. The zero-order valence-corrected chi connectivity index (χ0v) is 38.0. The van der Waals surface area contributed by atoms with E-state index in [1.807, 2.05) is 18.2 Å². The van der Waals surface area contributed by atoms with Crippen LogP contribution in [0.4, 0.5) is 0 Å². The molecule has 1 heterocycles. The van der Waals surface area contributed by atoms with E-state index in [0.717, 1.165) is 56.9 Å². The monoisotopic (exact) mass is 868 g/mol. The van der Waals surface area contributed by atoms with Crippen LogP contribution >= 0.6 is 0 Å². The number of hydrogen-bond acceptors (Lipinski definition) is 8. The number of aliphatic carboxylic acids is 2. The van der Waals surface area contributed by atoms with Crippen molar-refractivity contribution in [3.8, 4) is 0 Å². The zero-order chi connectivity index (χ0) is 45.9. The van der Waals surface area contributed by atoms with Crippen molar-refractivity contribution in [2.45, 2.75) is 137 Å². The number of amides is 3. The molecule has 7 rings (SSSR count). The summed E-state index contributed by atoms with van der Waals surface area (Å²) in [5.74, 6) is -2.05. The summed E-state index contributed by atoms with van der Waals surface area (Å²) in [7, 11) is 0. The number of carboxylic acids is 2. The van der Waals surface area contributed by atoms with E-state index in [1.54, 1.807) is 6.07 Å². The van der Waals surface area contributed by atoms with Crippen LogP contribution in [0.2, 0.25) is 0 Å². The number of fused-ring (bicyclic) bond motifs is 7. The molecule has 8 N–H and O–H groups in total. The van der Waals surface area contributed by atoms with E-state index in [4.69, 9.17) is 10.8 Å². The largest absolute Gasteiger partial charge is 0.480 e. The fourth-order valence-corrected chi connectivity index (χ4v) is 14.5. The molecule has 6 unspecified atom stereocenters. The lowest BCUT2D eigenvalue weighted by molar-refractivity contribution is -0.246. The smallest absolute Gasteiger partial charge is 0.328 e. The maximum Gasteiger partial charge on any atom is 0.328 e. The second-order valence-electron chi connectivity index (χ2n) is 21.3. The van der Waals surface area contributed by atoms with Crippen molar-refractivity contribution in [2.24, 2.45) is 62.4 Å². The highest BCUT2D eigenvalue weighted by Gasteiger charge is 2.71. The van der Waals surface area contributed by atoms with Crippen LogP contribution < -0.4 is 21.7 Å². The fourth-order valence-electron chi connectivity index (χ4n) is 14.5. The number of aliphatic hydroxyl groups excluding tert-OH is 1. The first-order valence-electron chi connectivity index (χ1n) is 23.1. The van der Waals surface area contributed by atoms with Crippen LogP contribution in [0.1, 0.15) is 138 Å². The van der Waals surface area contributed by atoms with E-state index in [2.05, 4.69) is 69.1 Å². The number of benzene rings is 1. The van der Waals surface area contributed by atoms with Crippen LogP contribution in [0.15, 0.2) is 54.7 Å². The predicted octanol–water partition coefficient (Wildman–Crippen LogP) is 6.28. The van der Waals surface area contributed by atoms with Gasteiger partial charge in [-0.05, 0) is 159 Å². The molecule has 63 heavy (non-hydrogen) atoms. The number of nitrogens with one attached hydrogen (secondary N) is 3. The number of aromatic nitrogens is 1. The van der Waals surface area contributed by atoms with Crippen molar-refractivity contribution >= 4 is 29.7 Å². The Morgan fingerprint density at radius 1 is 0.825 bits per heavy atom. The van der Waals surface area contributed by atoms with E-state index >= 15 is 0 Å². The van der Waals surface area contributed by atoms with Gasteiger partial charge in [-0.3, -0.25) is 24.2 Å². The molecular formula is C50H69N5O8. The van der Waals surface area contributed by atoms with Crippen molar-refractivity contribution < 1.29 is 39.3 Å². The fraction of sp³-hybridized carbons (Fsp3) is 0.640. The van der Waals surface area contributed by atoms with Crippen LogP contribution in [-0.2, 0) is 27.3 Å². The average molecular weight is 868 g/mol. The third-order valence-electron chi connectivity index (χ3n) is 18.1. The lowest BCUT2D eigenvalue weighted by atomic mass is 9.32. The van der Waals surface area contributed by atoms with Gasteiger partial charge in [0.15, 0.2) is 6.04 Å². The molecule has 5 fully saturated rings. The molecule has 0 bridgehead atoms. The third-order valence-corrected chi connectivity index (χ3v) is 18.1. The lowest BCUT2D eigenvalue weighted by Crippen LogP contribution is -2.67. The van der Waals surface area contributed by atoms with Gasteiger partial charge in [-0.25, -0.2) is 4.79 Å². The number of aliphatic hydroxyl groups is 1. The first kappa shape index (κ1) is 46.4. The molecule has 0 spiro atoms. The molecule has 1 aromatic heterocycles. The molecule has 13 nitrogen and oxygen atoms in total. The zero-order valence-electron chi connectivity index (χ0n) is 38.0. The third kappa shape index (κ3) is 7.89. The normalized spacial score (nSPS) is 35.0. The molecule has 5 aliphatic carbocycles. The molecule has 2 aromatic rings. The number of carboxylic acid groups (broad SMARTS) is 2. The molecular weight excluding hydrogens is 799 g/mol. The van der Waals surface area contributed by atoms with Gasteiger partial charge in [0.05, 0.1) is 29.3 Å². The van der Waals surface area contributed by atoms with Crippen LogP contribution in [0.5, 0.6) is 0 Å². The van der Waals surface area contributed by atoms with Crippen molar-refractivity contribution in [3.05, 3.63) is 77.1 Å². The Bertz CT molecular complexity index is 2140. The van der Waals surface area contributed by atoms with Gasteiger partial charge in [-0.2, -0.15) is 0 Å². The van der Waals surface area contributed by atoms with Gasteiger partial charge in [-0.15, -0.1) is 0 Å². The minimum atomic E-state index is -1.84. The van der Waals surface area contributed by atoms with Gasteiger partial charge in [0.1, 0.15) is 6.04 Å². The molecule has 5 aliphatic rings. The molecule has 12 atom stereocenters. The minimum Gasteiger partial charge on any atom is -0.480 e. The van der Waals surface area contributed by atoms with Crippen LogP contribution in [0, 0.1) is 56.7 Å². The summed E-state index contributed by atoms with van der Waals surface area (Å²) in [6.45, 7) is 19.6. The number of carbonyl (C=O) groups excluding carboxylic acids is 3. The first-order chi connectivity index (χ1) is 29.6. The summed E-state index contributed by atoms with van der Waals surface area (Å²) >= 11 is 0. The van der Waals surface area contributed by atoms with Crippen LogP contribution in [0.3, 0.4) is 0 Å². The molecule has 0 radical (unpaired) electrons. The van der Waals surface area contributed by atoms with Gasteiger partial charge in [0, 0.05) is 18.3 Å². The molecule has 342 valence electrons.